The van der Waals surface area contributed by atoms with Crippen molar-refractivity contribution in [3.05, 3.63) is 70.8 Å². The SMILES string of the molecule is O=C(CSc1cccc(Br)c1)c1ccc2cccnc2c1. The Morgan fingerprint density at radius 3 is 2.86 bits per heavy atom. The maximum absolute atomic E-state index is 12.3. The zero-order chi connectivity index (χ0) is 14.7. The van der Waals surface area contributed by atoms with E-state index in [-0.39, 0.29) is 5.78 Å². The van der Waals surface area contributed by atoms with Gasteiger partial charge in [0.05, 0.1) is 11.3 Å². The Morgan fingerprint density at radius 2 is 2.00 bits per heavy atom. The highest BCUT2D eigenvalue weighted by molar-refractivity contribution is 9.10. The second kappa shape index (κ2) is 6.41. The van der Waals surface area contributed by atoms with Gasteiger partial charge in [-0.25, -0.2) is 0 Å². The monoisotopic (exact) mass is 357 g/mol. The molecular formula is C17H12BrNOS. The number of aromatic nitrogens is 1. The van der Waals surface area contributed by atoms with Gasteiger partial charge in [-0.1, -0.05) is 40.2 Å². The Bertz CT molecular complexity index is 803. The van der Waals surface area contributed by atoms with Crippen LogP contribution in [-0.4, -0.2) is 16.5 Å². The zero-order valence-electron chi connectivity index (χ0n) is 11.1. The molecule has 3 rings (SSSR count). The van der Waals surface area contributed by atoms with Crippen molar-refractivity contribution in [2.45, 2.75) is 4.90 Å². The molecule has 0 aliphatic rings. The van der Waals surface area contributed by atoms with Crippen molar-refractivity contribution in [2.24, 2.45) is 0 Å². The van der Waals surface area contributed by atoms with Crippen LogP contribution in [0.4, 0.5) is 0 Å². The maximum atomic E-state index is 12.3. The first-order valence-electron chi connectivity index (χ1n) is 6.49. The summed E-state index contributed by atoms with van der Waals surface area (Å²) in [6.07, 6.45) is 1.74. The van der Waals surface area contributed by atoms with Gasteiger partial charge in [-0.2, -0.15) is 0 Å². The van der Waals surface area contributed by atoms with Crippen molar-refractivity contribution in [1.29, 1.82) is 0 Å². The summed E-state index contributed by atoms with van der Waals surface area (Å²) in [6.45, 7) is 0. The van der Waals surface area contributed by atoms with Gasteiger partial charge in [0.15, 0.2) is 5.78 Å². The van der Waals surface area contributed by atoms with Crippen LogP contribution in [0.15, 0.2) is 70.2 Å². The number of thioether (sulfide) groups is 1. The lowest BCUT2D eigenvalue weighted by Gasteiger charge is -2.04. The van der Waals surface area contributed by atoms with Gasteiger partial charge in [-0.05, 0) is 30.3 Å². The molecule has 21 heavy (non-hydrogen) atoms. The number of hydrogen-bond donors (Lipinski definition) is 0. The van der Waals surface area contributed by atoms with E-state index in [9.17, 15) is 4.79 Å². The predicted octanol–water partition coefficient (Wildman–Crippen LogP) is 4.97. The number of carbonyl (C=O) groups excluding carboxylic acids is 1. The predicted molar refractivity (Wildman–Crippen MR) is 90.9 cm³/mol. The molecule has 2 aromatic carbocycles. The van der Waals surface area contributed by atoms with Gasteiger partial charge in [-0.15, -0.1) is 11.8 Å². The lowest BCUT2D eigenvalue weighted by molar-refractivity contribution is 0.102. The van der Waals surface area contributed by atoms with E-state index in [0.29, 0.717) is 11.3 Å². The summed E-state index contributed by atoms with van der Waals surface area (Å²) in [6, 6.07) is 17.5. The molecule has 0 bridgehead atoms. The van der Waals surface area contributed by atoms with E-state index in [1.54, 1.807) is 18.0 Å². The van der Waals surface area contributed by atoms with E-state index < -0.39 is 0 Å². The van der Waals surface area contributed by atoms with Crippen LogP contribution in [0.3, 0.4) is 0 Å². The molecule has 1 aromatic heterocycles. The van der Waals surface area contributed by atoms with Gasteiger partial charge in [-0.3, -0.25) is 9.78 Å². The van der Waals surface area contributed by atoms with Gasteiger partial charge in [0.1, 0.15) is 0 Å². The number of fused-ring (bicyclic) bond motifs is 1. The van der Waals surface area contributed by atoms with E-state index in [1.165, 1.54) is 0 Å². The third-order valence-corrected chi connectivity index (χ3v) is 4.58. The smallest absolute Gasteiger partial charge is 0.173 e. The highest BCUT2D eigenvalue weighted by atomic mass is 79.9. The maximum Gasteiger partial charge on any atom is 0.173 e. The Labute approximate surface area is 135 Å². The van der Waals surface area contributed by atoms with E-state index >= 15 is 0 Å². The number of Topliss-reactive ketones (excluding diaryl/α,β-unsaturated/α-hetero) is 1. The molecule has 0 radical (unpaired) electrons. The molecule has 0 unspecified atom stereocenters. The summed E-state index contributed by atoms with van der Waals surface area (Å²) < 4.78 is 1.02. The van der Waals surface area contributed by atoms with Crippen LogP contribution in [0, 0.1) is 0 Å². The quantitative estimate of drug-likeness (QED) is 0.487. The average Bonchev–Trinajstić information content (AvgIpc) is 2.52. The minimum atomic E-state index is 0.118. The zero-order valence-corrected chi connectivity index (χ0v) is 13.5. The number of ketones is 1. The summed E-state index contributed by atoms with van der Waals surface area (Å²) in [5.41, 5.74) is 1.57. The van der Waals surface area contributed by atoms with Crippen LogP contribution < -0.4 is 0 Å². The molecule has 4 heteroatoms. The van der Waals surface area contributed by atoms with Gasteiger partial charge in [0.2, 0.25) is 0 Å². The van der Waals surface area contributed by atoms with Crippen LogP contribution in [0.25, 0.3) is 10.9 Å². The molecule has 0 aliphatic carbocycles. The number of halogens is 1. The highest BCUT2D eigenvalue weighted by Crippen LogP contribution is 2.23. The normalized spacial score (nSPS) is 10.7. The van der Waals surface area contributed by atoms with Crippen LogP contribution in [0.2, 0.25) is 0 Å². The Balaban J connectivity index is 1.74. The van der Waals surface area contributed by atoms with Crippen molar-refractivity contribution in [1.82, 2.24) is 4.98 Å². The molecule has 0 aliphatic heterocycles. The number of pyridine rings is 1. The van der Waals surface area contributed by atoms with E-state index in [1.807, 2.05) is 54.6 Å². The second-order valence-electron chi connectivity index (χ2n) is 4.58. The molecule has 0 saturated carbocycles. The molecule has 0 fully saturated rings. The number of benzene rings is 2. The van der Waals surface area contributed by atoms with Crippen molar-refractivity contribution in [3.8, 4) is 0 Å². The lowest BCUT2D eigenvalue weighted by Crippen LogP contribution is -2.02. The number of rotatable bonds is 4. The van der Waals surface area contributed by atoms with E-state index in [4.69, 9.17) is 0 Å². The molecule has 3 aromatic rings. The molecule has 1 heterocycles. The number of hydrogen-bond acceptors (Lipinski definition) is 3. The molecule has 0 spiro atoms. The highest BCUT2D eigenvalue weighted by Gasteiger charge is 2.08. The molecule has 0 saturated heterocycles. The fraction of sp³-hybridized carbons (Fsp3) is 0.0588. The first-order chi connectivity index (χ1) is 10.2. The first kappa shape index (κ1) is 14.3. The van der Waals surface area contributed by atoms with E-state index in [0.717, 1.165) is 20.3 Å². The fourth-order valence-corrected chi connectivity index (χ4v) is 3.43. The summed E-state index contributed by atoms with van der Waals surface area (Å²) in [7, 11) is 0. The van der Waals surface area contributed by atoms with Crippen LogP contribution >= 0.6 is 27.7 Å². The third kappa shape index (κ3) is 3.52. The van der Waals surface area contributed by atoms with E-state index in [2.05, 4.69) is 20.9 Å². The Morgan fingerprint density at radius 1 is 1.10 bits per heavy atom. The third-order valence-electron chi connectivity index (χ3n) is 3.09. The van der Waals surface area contributed by atoms with Crippen LogP contribution in [0.5, 0.6) is 0 Å². The molecule has 0 amide bonds. The van der Waals surface area contributed by atoms with Gasteiger partial charge in [0.25, 0.3) is 0 Å². The van der Waals surface area contributed by atoms with Crippen molar-refractivity contribution < 1.29 is 4.79 Å². The van der Waals surface area contributed by atoms with Gasteiger partial charge in [0, 0.05) is 26.5 Å². The first-order valence-corrected chi connectivity index (χ1v) is 8.26. The molecule has 0 N–H and O–H groups in total. The Hall–Kier alpha value is -1.65. The summed E-state index contributed by atoms with van der Waals surface area (Å²) in [4.78, 5) is 17.7. The number of nitrogens with zero attached hydrogens (tertiary/aromatic N) is 1. The number of carbonyl (C=O) groups is 1. The molecular weight excluding hydrogens is 346 g/mol. The van der Waals surface area contributed by atoms with Crippen LogP contribution in [-0.2, 0) is 0 Å². The average molecular weight is 358 g/mol. The topological polar surface area (TPSA) is 30.0 Å². The van der Waals surface area contributed by atoms with Crippen molar-refractivity contribution in [2.75, 3.05) is 5.75 Å². The molecule has 104 valence electrons. The van der Waals surface area contributed by atoms with Crippen LogP contribution in [0.1, 0.15) is 10.4 Å². The van der Waals surface area contributed by atoms with Gasteiger partial charge >= 0.3 is 0 Å². The Kier molecular flexibility index (Phi) is 4.36. The van der Waals surface area contributed by atoms with Crippen molar-refractivity contribution in [3.63, 3.8) is 0 Å². The largest absolute Gasteiger partial charge is 0.293 e. The second-order valence-corrected chi connectivity index (χ2v) is 6.54. The lowest BCUT2D eigenvalue weighted by atomic mass is 10.1. The summed E-state index contributed by atoms with van der Waals surface area (Å²) in [5.74, 6) is 0.543. The van der Waals surface area contributed by atoms with Gasteiger partial charge < -0.3 is 0 Å². The standard InChI is InChI=1S/C17H12BrNOS/c18-14-4-1-5-15(10-14)21-11-17(20)13-7-6-12-3-2-8-19-16(12)9-13/h1-10H,11H2. The summed E-state index contributed by atoms with van der Waals surface area (Å²) in [5, 5.41) is 1.05. The summed E-state index contributed by atoms with van der Waals surface area (Å²) >= 11 is 4.98. The van der Waals surface area contributed by atoms with Crippen molar-refractivity contribution >= 4 is 44.4 Å². The minimum Gasteiger partial charge on any atom is -0.293 e. The molecule has 2 nitrogen and oxygen atoms in total. The fourth-order valence-electron chi connectivity index (χ4n) is 2.03. The minimum absolute atomic E-state index is 0.118. The molecule has 0 atom stereocenters.